The van der Waals surface area contributed by atoms with Crippen molar-refractivity contribution in [3.8, 4) is 11.5 Å². The third-order valence-corrected chi connectivity index (χ3v) is 4.34. The van der Waals surface area contributed by atoms with E-state index in [2.05, 4.69) is 20.6 Å². The lowest BCUT2D eigenvalue weighted by molar-refractivity contribution is 0.0950. The van der Waals surface area contributed by atoms with E-state index in [1.54, 1.807) is 38.5 Å². The molecule has 2 N–H and O–H groups in total. The SMILES string of the molecule is COc1ccc(Nc2ncc(C(=O)NCc3ccccc3Cl)cn2)c(OC)c1. The van der Waals surface area contributed by atoms with E-state index >= 15 is 0 Å². The van der Waals surface area contributed by atoms with Crippen LogP contribution in [0.15, 0.2) is 54.9 Å². The molecule has 1 amide bonds. The Labute approximate surface area is 167 Å². The summed E-state index contributed by atoms with van der Waals surface area (Å²) < 4.78 is 10.5. The molecule has 1 aromatic heterocycles. The molecule has 0 unspecified atom stereocenters. The molecule has 144 valence electrons. The largest absolute Gasteiger partial charge is 0.497 e. The second kappa shape index (κ2) is 9.05. The molecule has 3 rings (SSSR count). The fourth-order valence-corrected chi connectivity index (χ4v) is 2.65. The van der Waals surface area contributed by atoms with Crippen LogP contribution in [0.4, 0.5) is 11.6 Å². The molecule has 0 saturated carbocycles. The zero-order valence-corrected chi connectivity index (χ0v) is 16.2. The average Bonchev–Trinajstić information content (AvgIpc) is 2.73. The van der Waals surface area contributed by atoms with Crippen molar-refractivity contribution in [3.63, 3.8) is 0 Å². The van der Waals surface area contributed by atoms with Crippen molar-refractivity contribution in [1.82, 2.24) is 15.3 Å². The maximum atomic E-state index is 12.3. The van der Waals surface area contributed by atoms with E-state index in [1.807, 2.05) is 18.2 Å². The molecule has 0 aliphatic carbocycles. The van der Waals surface area contributed by atoms with E-state index in [1.165, 1.54) is 12.4 Å². The highest BCUT2D eigenvalue weighted by Gasteiger charge is 2.10. The average molecular weight is 399 g/mol. The molecule has 0 spiro atoms. The van der Waals surface area contributed by atoms with Gasteiger partial charge in [-0.15, -0.1) is 0 Å². The van der Waals surface area contributed by atoms with Gasteiger partial charge in [0.15, 0.2) is 0 Å². The van der Waals surface area contributed by atoms with Crippen LogP contribution < -0.4 is 20.1 Å². The van der Waals surface area contributed by atoms with E-state index in [0.717, 1.165) is 5.56 Å². The first-order chi connectivity index (χ1) is 13.6. The number of nitrogens with one attached hydrogen (secondary N) is 2. The van der Waals surface area contributed by atoms with Gasteiger partial charge in [0.05, 0.1) is 25.5 Å². The minimum absolute atomic E-state index is 0.284. The summed E-state index contributed by atoms with van der Waals surface area (Å²) in [5.41, 5.74) is 1.86. The molecule has 0 saturated heterocycles. The van der Waals surface area contributed by atoms with Gasteiger partial charge in [0, 0.05) is 30.0 Å². The molecule has 0 radical (unpaired) electrons. The fraction of sp³-hybridized carbons (Fsp3) is 0.150. The van der Waals surface area contributed by atoms with Crippen molar-refractivity contribution in [2.75, 3.05) is 19.5 Å². The van der Waals surface area contributed by atoms with Gasteiger partial charge in [-0.2, -0.15) is 0 Å². The fourth-order valence-electron chi connectivity index (χ4n) is 2.45. The summed E-state index contributed by atoms with van der Waals surface area (Å²) in [4.78, 5) is 20.7. The highest BCUT2D eigenvalue weighted by atomic mass is 35.5. The maximum absolute atomic E-state index is 12.3. The molecule has 1 heterocycles. The summed E-state index contributed by atoms with van der Waals surface area (Å²) in [7, 11) is 3.15. The normalized spacial score (nSPS) is 10.2. The predicted octanol–water partition coefficient (Wildman–Crippen LogP) is 3.82. The van der Waals surface area contributed by atoms with Crippen LogP contribution in [0.25, 0.3) is 0 Å². The Hall–Kier alpha value is -3.32. The number of amides is 1. The Bertz CT molecular complexity index is 964. The first-order valence-corrected chi connectivity index (χ1v) is 8.81. The lowest BCUT2D eigenvalue weighted by atomic mass is 10.2. The molecule has 0 aliphatic rings. The molecule has 0 aliphatic heterocycles. The zero-order chi connectivity index (χ0) is 19.9. The van der Waals surface area contributed by atoms with Crippen molar-refractivity contribution >= 4 is 29.1 Å². The summed E-state index contributed by atoms with van der Waals surface area (Å²) in [5.74, 6) is 1.32. The minimum Gasteiger partial charge on any atom is -0.497 e. The molecule has 0 bridgehead atoms. The van der Waals surface area contributed by atoms with Crippen LogP contribution in [-0.4, -0.2) is 30.1 Å². The summed E-state index contributed by atoms with van der Waals surface area (Å²) in [6, 6.07) is 12.7. The molecule has 7 nitrogen and oxygen atoms in total. The van der Waals surface area contributed by atoms with Gasteiger partial charge in [-0.3, -0.25) is 4.79 Å². The molecule has 8 heteroatoms. The number of hydrogen-bond acceptors (Lipinski definition) is 6. The van der Waals surface area contributed by atoms with Crippen molar-refractivity contribution < 1.29 is 14.3 Å². The maximum Gasteiger partial charge on any atom is 0.254 e. The molecule has 2 aromatic carbocycles. The Morgan fingerprint density at radius 2 is 1.82 bits per heavy atom. The van der Waals surface area contributed by atoms with Gasteiger partial charge in [-0.25, -0.2) is 9.97 Å². The molecular formula is C20H19ClN4O3. The standard InChI is InChI=1S/C20H19ClN4O3/c1-27-15-7-8-17(18(9-15)28-2)25-20-23-11-14(12-24-20)19(26)22-10-13-5-3-4-6-16(13)21/h3-9,11-12H,10H2,1-2H3,(H,22,26)(H,23,24,25). The number of halogens is 1. The van der Waals surface area contributed by atoms with Crippen LogP contribution in [0.5, 0.6) is 11.5 Å². The van der Waals surface area contributed by atoms with Crippen LogP contribution in [0.1, 0.15) is 15.9 Å². The topological polar surface area (TPSA) is 85.4 Å². The van der Waals surface area contributed by atoms with Crippen molar-refractivity contribution in [1.29, 1.82) is 0 Å². The molecule has 3 aromatic rings. The first-order valence-electron chi connectivity index (χ1n) is 8.43. The highest BCUT2D eigenvalue weighted by molar-refractivity contribution is 6.31. The zero-order valence-electron chi connectivity index (χ0n) is 15.4. The number of rotatable bonds is 7. The van der Waals surface area contributed by atoms with Gasteiger partial charge >= 0.3 is 0 Å². The van der Waals surface area contributed by atoms with Gasteiger partial charge in [-0.05, 0) is 23.8 Å². The number of nitrogens with zero attached hydrogens (tertiary/aromatic N) is 2. The smallest absolute Gasteiger partial charge is 0.254 e. The van der Waals surface area contributed by atoms with E-state index < -0.39 is 0 Å². The van der Waals surface area contributed by atoms with Crippen molar-refractivity contribution in [2.24, 2.45) is 0 Å². The van der Waals surface area contributed by atoms with Crippen LogP contribution in [-0.2, 0) is 6.54 Å². The second-order valence-electron chi connectivity index (χ2n) is 5.76. The second-order valence-corrected chi connectivity index (χ2v) is 6.17. The summed E-state index contributed by atoms with van der Waals surface area (Å²) in [6.45, 7) is 0.321. The summed E-state index contributed by atoms with van der Waals surface area (Å²) in [6.07, 6.45) is 2.90. The third-order valence-electron chi connectivity index (χ3n) is 3.97. The van der Waals surface area contributed by atoms with Gasteiger partial charge in [0.25, 0.3) is 5.91 Å². The molecule has 28 heavy (non-hydrogen) atoms. The van der Waals surface area contributed by atoms with E-state index in [-0.39, 0.29) is 5.91 Å². The Kier molecular flexibility index (Phi) is 6.29. The van der Waals surface area contributed by atoms with Crippen LogP contribution in [0.3, 0.4) is 0 Å². The Morgan fingerprint density at radius 1 is 1.07 bits per heavy atom. The Morgan fingerprint density at radius 3 is 2.50 bits per heavy atom. The number of anilines is 2. The molecule has 0 fully saturated rings. The molecular weight excluding hydrogens is 380 g/mol. The Balaban J connectivity index is 1.65. The number of methoxy groups -OCH3 is 2. The lowest BCUT2D eigenvalue weighted by Crippen LogP contribution is -2.23. The van der Waals surface area contributed by atoms with E-state index in [9.17, 15) is 4.79 Å². The number of benzene rings is 2. The third kappa shape index (κ3) is 4.69. The lowest BCUT2D eigenvalue weighted by Gasteiger charge is -2.11. The quantitative estimate of drug-likeness (QED) is 0.629. The minimum atomic E-state index is -0.284. The van der Waals surface area contributed by atoms with Gasteiger partial charge < -0.3 is 20.1 Å². The number of aromatic nitrogens is 2. The highest BCUT2D eigenvalue weighted by Crippen LogP contribution is 2.30. The van der Waals surface area contributed by atoms with Crippen LogP contribution >= 0.6 is 11.6 Å². The number of ether oxygens (including phenoxy) is 2. The van der Waals surface area contributed by atoms with Gasteiger partial charge in [-0.1, -0.05) is 29.8 Å². The number of carbonyl (C=O) groups is 1. The van der Waals surface area contributed by atoms with Gasteiger partial charge in [0.1, 0.15) is 11.5 Å². The van der Waals surface area contributed by atoms with E-state index in [0.29, 0.717) is 40.3 Å². The van der Waals surface area contributed by atoms with E-state index in [4.69, 9.17) is 21.1 Å². The van der Waals surface area contributed by atoms with Crippen molar-refractivity contribution in [2.45, 2.75) is 6.54 Å². The molecule has 0 atom stereocenters. The summed E-state index contributed by atoms with van der Waals surface area (Å²) >= 11 is 6.09. The first kappa shape index (κ1) is 19.4. The van der Waals surface area contributed by atoms with Gasteiger partial charge in [0.2, 0.25) is 5.95 Å². The predicted molar refractivity (Wildman–Crippen MR) is 107 cm³/mol. The monoisotopic (exact) mass is 398 g/mol. The van der Waals surface area contributed by atoms with Crippen molar-refractivity contribution in [3.05, 3.63) is 71.0 Å². The number of hydrogen-bond donors (Lipinski definition) is 2. The summed E-state index contributed by atoms with van der Waals surface area (Å²) in [5, 5.41) is 6.46. The van der Waals surface area contributed by atoms with Crippen LogP contribution in [0.2, 0.25) is 5.02 Å². The number of carbonyl (C=O) groups excluding carboxylic acids is 1. The van der Waals surface area contributed by atoms with Crippen LogP contribution in [0, 0.1) is 0 Å².